The molecule has 0 amide bonds. The Balaban J connectivity index is 3.18. The molecule has 0 rings (SSSR count). The van der Waals surface area contributed by atoms with E-state index in [4.69, 9.17) is 0 Å². The molecule has 0 bridgehead atoms. The van der Waals surface area contributed by atoms with Crippen molar-refractivity contribution < 1.29 is 10.2 Å². The van der Waals surface area contributed by atoms with Crippen molar-refractivity contribution >= 4 is 0 Å². The summed E-state index contributed by atoms with van der Waals surface area (Å²) < 4.78 is 0. The first-order valence-corrected chi connectivity index (χ1v) is 9.56. The van der Waals surface area contributed by atoms with Crippen LogP contribution in [0.5, 0.6) is 0 Å². The van der Waals surface area contributed by atoms with E-state index < -0.39 is 0 Å². The molecule has 0 aromatic rings. The Hall–Kier alpha value is -0.0800. The van der Waals surface area contributed by atoms with Crippen LogP contribution in [0.3, 0.4) is 0 Å². The van der Waals surface area contributed by atoms with Crippen LogP contribution in [0.25, 0.3) is 0 Å². The van der Waals surface area contributed by atoms with Crippen LogP contribution in [0.2, 0.25) is 0 Å². The highest BCUT2D eigenvalue weighted by atomic mass is 16.3. The minimum absolute atomic E-state index is 0.0816. The molecule has 0 aromatic carbocycles. The van der Waals surface area contributed by atoms with Gasteiger partial charge in [-0.1, -0.05) is 84.5 Å². The van der Waals surface area contributed by atoms with Gasteiger partial charge in [0.15, 0.2) is 0 Å². The van der Waals surface area contributed by atoms with Crippen molar-refractivity contribution in [2.45, 2.75) is 122 Å². The maximum absolute atomic E-state index is 9.93. The average molecular weight is 301 g/mol. The van der Waals surface area contributed by atoms with E-state index in [0.717, 1.165) is 38.5 Å². The van der Waals surface area contributed by atoms with Gasteiger partial charge in [0.25, 0.3) is 0 Å². The second kappa shape index (κ2) is 16.3. The van der Waals surface area contributed by atoms with Crippen LogP contribution in [-0.2, 0) is 0 Å². The number of aliphatic hydroxyl groups is 2. The van der Waals surface area contributed by atoms with Gasteiger partial charge >= 0.3 is 0 Å². The molecule has 0 aliphatic rings. The second-order valence-corrected chi connectivity index (χ2v) is 6.62. The van der Waals surface area contributed by atoms with E-state index in [1.54, 1.807) is 0 Å². The minimum Gasteiger partial charge on any atom is -0.393 e. The summed E-state index contributed by atoms with van der Waals surface area (Å²) >= 11 is 0. The van der Waals surface area contributed by atoms with Gasteiger partial charge in [0.05, 0.1) is 12.2 Å². The second-order valence-electron chi connectivity index (χ2n) is 6.62. The summed E-state index contributed by atoms with van der Waals surface area (Å²) in [5.74, 6) is 0. The third-order valence-electron chi connectivity index (χ3n) is 4.44. The highest BCUT2D eigenvalue weighted by molar-refractivity contribution is 4.58. The van der Waals surface area contributed by atoms with E-state index in [-0.39, 0.29) is 12.2 Å². The smallest absolute Gasteiger partial charge is 0.0540 e. The molecule has 0 fully saturated rings. The minimum atomic E-state index is -0.104. The molecule has 0 saturated heterocycles. The van der Waals surface area contributed by atoms with Crippen molar-refractivity contribution in [3.05, 3.63) is 0 Å². The Bertz CT molecular complexity index is 194. The van der Waals surface area contributed by atoms with Gasteiger partial charge in [0.1, 0.15) is 0 Å². The molecule has 0 aliphatic carbocycles. The number of hydrogen-bond acceptors (Lipinski definition) is 2. The summed E-state index contributed by atoms with van der Waals surface area (Å²) in [6.07, 6.45) is 17.5. The number of rotatable bonds is 16. The Morgan fingerprint density at radius 1 is 0.524 bits per heavy atom. The van der Waals surface area contributed by atoms with Crippen molar-refractivity contribution in [3.63, 3.8) is 0 Å². The van der Waals surface area contributed by atoms with Gasteiger partial charge in [-0.3, -0.25) is 0 Å². The summed E-state index contributed by atoms with van der Waals surface area (Å²) in [6, 6.07) is 0. The topological polar surface area (TPSA) is 40.5 Å². The molecule has 0 saturated carbocycles. The first-order valence-electron chi connectivity index (χ1n) is 9.56. The number of aliphatic hydroxyl groups excluding tert-OH is 2. The molecule has 2 heteroatoms. The molecule has 21 heavy (non-hydrogen) atoms. The largest absolute Gasteiger partial charge is 0.393 e. The lowest BCUT2D eigenvalue weighted by Gasteiger charge is -2.11. The standard InChI is InChI=1S/C19H40O2/c1-3-5-6-7-8-9-13-16-19(21)17-14-11-10-12-15-18(20)4-2/h18-21H,3-17H2,1-2H3. The lowest BCUT2D eigenvalue weighted by Crippen LogP contribution is -2.06. The van der Waals surface area contributed by atoms with Crippen molar-refractivity contribution in [3.8, 4) is 0 Å². The fourth-order valence-electron chi connectivity index (χ4n) is 2.80. The normalized spacial score (nSPS) is 14.3. The van der Waals surface area contributed by atoms with Crippen LogP contribution >= 0.6 is 0 Å². The molecule has 0 aromatic heterocycles. The Morgan fingerprint density at radius 2 is 0.905 bits per heavy atom. The summed E-state index contributed by atoms with van der Waals surface area (Å²) in [5, 5.41) is 19.4. The average Bonchev–Trinajstić information content (AvgIpc) is 2.49. The highest BCUT2D eigenvalue weighted by Gasteiger charge is 2.04. The fourth-order valence-corrected chi connectivity index (χ4v) is 2.80. The quantitative estimate of drug-likeness (QED) is 0.364. The van der Waals surface area contributed by atoms with Gasteiger partial charge < -0.3 is 10.2 Å². The van der Waals surface area contributed by atoms with E-state index >= 15 is 0 Å². The van der Waals surface area contributed by atoms with Crippen LogP contribution in [-0.4, -0.2) is 22.4 Å². The Morgan fingerprint density at radius 3 is 1.33 bits per heavy atom. The van der Waals surface area contributed by atoms with E-state index in [2.05, 4.69) is 6.92 Å². The molecule has 2 unspecified atom stereocenters. The van der Waals surface area contributed by atoms with Crippen molar-refractivity contribution in [1.29, 1.82) is 0 Å². The maximum Gasteiger partial charge on any atom is 0.0540 e. The van der Waals surface area contributed by atoms with Gasteiger partial charge in [-0.05, 0) is 25.7 Å². The molecular formula is C19H40O2. The molecule has 128 valence electrons. The SMILES string of the molecule is CCCCCCCCCC(O)CCCCCCC(O)CC. The third kappa shape index (κ3) is 16.1. The first kappa shape index (κ1) is 20.9. The number of unbranched alkanes of at least 4 members (excludes halogenated alkanes) is 9. The zero-order valence-corrected chi connectivity index (χ0v) is 14.7. The first-order chi connectivity index (χ1) is 10.2. The van der Waals surface area contributed by atoms with E-state index in [0.29, 0.717) is 0 Å². The summed E-state index contributed by atoms with van der Waals surface area (Å²) in [5.41, 5.74) is 0. The molecule has 2 nitrogen and oxygen atoms in total. The fraction of sp³-hybridized carbons (Fsp3) is 1.00. The van der Waals surface area contributed by atoms with Crippen LogP contribution < -0.4 is 0 Å². The van der Waals surface area contributed by atoms with Gasteiger partial charge in [0.2, 0.25) is 0 Å². The van der Waals surface area contributed by atoms with Crippen molar-refractivity contribution in [1.82, 2.24) is 0 Å². The molecule has 2 N–H and O–H groups in total. The van der Waals surface area contributed by atoms with Gasteiger partial charge in [-0.15, -0.1) is 0 Å². The zero-order chi connectivity index (χ0) is 15.8. The molecule has 0 spiro atoms. The van der Waals surface area contributed by atoms with Crippen molar-refractivity contribution in [2.24, 2.45) is 0 Å². The van der Waals surface area contributed by atoms with Crippen LogP contribution in [0.15, 0.2) is 0 Å². The summed E-state index contributed by atoms with van der Waals surface area (Å²) in [7, 11) is 0. The van der Waals surface area contributed by atoms with Crippen LogP contribution in [0, 0.1) is 0 Å². The molecular weight excluding hydrogens is 260 g/mol. The molecule has 0 heterocycles. The Labute approximate surface area is 133 Å². The predicted octanol–water partition coefficient (Wildman–Crippen LogP) is 5.60. The van der Waals surface area contributed by atoms with Gasteiger partial charge in [0, 0.05) is 0 Å². The third-order valence-corrected chi connectivity index (χ3v) is 4.44. The maximum atomic E-state index is 9.93. The predicted molar refractivity (Wildman–Crippen MR) is 92.6 cm³/mol. The zero-order valence-electron chi connectivity index (χ0n) is 14.7. The lowest BCUT2D eigenvalue weighted by atomic mass is 10.0. The lowest BCUT2D eigenvalue weighted by molar-refractivity contribution is 0.145. The van der Waals surface area contributed by atoms with E-state index in [1.165, 1.54) is 57.8 Å². The molecule has 2 atom stereocenters. The summed E-state index contributed by atoms with van der Waals surface area (Å²) in [6.45, 7) is 4.28. The Kier molecular flexibility index (Phi) is 16.2. The van der Waals surface area contributed by atoms with Crippen molar-refractivity contribution in [2.75, 3.05) is 0 Å². The molecule has 0 radical (unpaired) electrons. The number of hydrogen-bond donors (Lipinski definition) is 2. The van der Waals surface area contributed by atoms with Gasteiger partial charge in [-0.2, -0.15) is 0 Å². The van der Waals surface area contributed by atoms with E-state index in [1.807, 2.05) is 6.92 Å². The summed E-state index contributed by atoms with van der Waals surface area (Å²) in [4.78, 5) is 0. The van der Waals surface area contributed by atoms with Gasteiger partial charge in [-0.25, -0.2) is 0 Å². The van der Waals surface area contributed by atoms with E-state index in [9.17, 15) is 10.2 Å². The van der Waals surface area contributed by atoms with Crippen LogP contribution in [0.4, 0.5) is 0 Å². The molecule has 0 aliphatic heterocycles. The van der Waals surface area contributed by atoms with Crippen LogP contribution in [0.1, 0.15) is 110 Å². The highest BCUT2D eigenvalue weighted by Crippen LogP contribution is 2.14. The monoisotopic (exact) mass is 300 g/mol.